The molecule has 1 aromatic heterocycles. The first-order valence-corrected chi connectivity index (χ1v) is 8.53. The Morgan fingerprint density at radius 1 is 1.35 bits per heavy atom. The monoisotopic (exact) mass is 352 g/mol. The normalized spacial score (nSPS) is 14.1. The molecule has 0 bridgehead atoms. The standard InChI is InChI=1S/C16H21BrN2S/c1-4-19(14-7-5-6-11(2)8-14)16(12(3)18)15-9-13(17)10-20-15/h5-10,12,16H,4,18H2,1-3H3. The van der Waals surface area contributed by atoms with E-state index in [1.165, 1.54) is 16.1 Å². The van der Waals surface area contributed by atoms with Crippen molar-refractivity contribution < 1.29 is 0 Å². The van der Waals surface area contributed by atoms with E-state index in [2.05, 4.69) is 77.3 Å². The smallest absolute Gasteiger partial charge is 0.0783 e. The number of nitrogens with two attached hydrogens (primary N) is 1. The van der Waals surface area contributed by atoms with Gasteiger partial charge in [-0.1, -0.05) is 12.1 Å². The summed E-state index contributed by atoms with van der Waals surface area (Å²) in [6.07, 6.45) is 0. The predicted octanol–water partition coefficient (Wildman–Crippen LogP) is 4.73. The third-order valence-corrected chi connectivity index (χ3v) is 5.15. The molecule has 108 valence electrons. The molecular weight excluding hydrogens is 332 g/mol. The van der Waals surface area contributed by atoms with Crippen molar-refractivity contribution in [1.82, 2.24) is 0 Å². The topological polar surface area (TPSA) is 29.3 Å². The van der Waals surface area contributed by atoms with Crippen LogP contribution in [0.5, 0.6) is 0 Å². The fraction of sp³-hybridized carbons (Fsp3) is 0.375. The molecule has 0 aliphatic rings. The zero-order valence-electron chi connectivity index (χ0n) is 12.1. The van der Waals surface area contributed by atoms with Crippen LogP contribution >= 0.6 is 27.3 Å². The SMILES string of the molecule is CCN(c1cccc(C)c1)C(c1cc(Br)cs1)C(C)N. The molecule has 0 aliphatic heterocycles. The first-order chi connectivity index (χ1) is 9.52. The molecule has 0 saturated carbocycles. The zero-order chi connectivity index (χ0) is 14.7. The summed E-state index contributed by atoms with van der Waals surface area (Å²) in [7, 11) is 0. The van der Waals surface area contributed by atoms with E-state index in [0.29, 0.717) is 0 Å². The number of anilines is 1. The van der Waals surface area contributed by atoms with Gasteiger partial charge in [-0.2, -0.15) is 0 Å². The van der Waals surface area contributed by atoms with Crippen molar-refractivity contribution in [2.45, 2.75) is 32.9 Å². The lowest BCUT2D eigenvalue weighted by molar-refractivity contribution is 0.545. The first kappa shape index (κ1) is 15.5. The Morgan fingerprint density at radius 3 is 2.60 bits per heavy atom. The van der Waals surface area contributed by atoms with Crippen molar-refractivity contribution in [2.75, 3.05) is 11.4 Å². The number of likely N-dealkylation sites (N-methyl/N-ethyl adjacent to an activating group) is 1. The summed E-state index contributed by atoms with van der Waals surface area (Å²) in [4.78, 5) is 3.69. The molecule has 0 spiro atoms. The molecule has 2 nitrogen and oxygen atoms in total. The number of rotatable bonds is 5. The number of hydrogen-bond donors (Lipinski definition) is 1. The number of nitrogens with zero attached hydrogens (tertiary/aromatic N) is 1. The number of benzene rings is 1. The second kappa shape index (κ2) is 6.74. The summed E-state index contributed by atoms with van der Waals surface area (Å²) >= 11 is 5.30. The molecule has 1 aromatic carbocycles. The van der Waals surface area contributed by atoms with E-state index in [1.807, 2.05) is 0 Å². The third-order valence-electron chi connectivity index (χ3n) is 3.39. The van der Waals surface area contributed by atoms with Crippen LogP contribution in [0.3, 0.4) is 0 Å². The van der Waals surface area contributed by atoms with Crippen molar-refractivity contribution in [3.8, 4) is 0 Å². The summed E-state index contributed by atoms with van der Waals surface area (Å²) in [5, 5.41) is 2.12. The molecule has 2 aromatic rings. The molecule has 1 heterocycles. The fourth-order valence-electron chi connectivity index (χ4n) is 2.53. The highest BCUT2D eigenvalue weighted by molar-refractivity contribution is 9.10. The quantitative estimate of drug-likeness (QED) is 0.842. The van der Waals surface area contributed by atoms with Crippen molar-refractivity contribution in [1.29, 1.82) is 0 Å². The maximum absolute atomic E-state index is 6.28. The van der Waals surface area contributed by atoms with Crippen LogP contribution in [0, 0.1) is 6.92 Å². The average Bonchev–Trinajstić information content (AvgIpc) is 2.81. The van der Waals surface area contributed by atoms with Crippen LogP contribution in [0.15, 0.2) is 40.2 Å². The summed E-state index contributed by atoms with van der Waals surface area (Å²) in [5.74, 6) is 0. The average molecular weight is 353 g/mol. The van der Waals surface area contributed by atoms with E-state index in [9.17, 15) is 0 Å². The molecule has 0 aliphatic carbocycles. The van der Waals surface area contributed by atoms with Gasteiger partial charge in [-0.25, -0.2) is 0 Å². The molecule has 0 saturated heterocycles. The Balaban J connectivity index is 2.40. The minimum absolute atomic E-state index is 0.0704. The lowest BCUT2D eigenvalue weighted by Gasteiger charge is -2.35. The maximum atomic E-state index is 6.28. The lowest BCUT2D eigenvalue weighted by Crippen LogP contribution is -2.39. The molecule has 0 amide bonds. The second-order valence-electron chi connectivity index (χ2n) is 5.10. The van der Waals surface area contributed by atoms with E-state index in [0.717, 1.165) is 11.0 Å². The first-order valence-electron chi connectivity index (χ1n) is 6.85. The molecular formula is C16H21BrN2S. The van der Waals surface area contributed by atoms with Crippen molar-refractivity contribution >= 4 is 33.0 Å². The maximum Gasteiger partial charge on any atom is 0.0783 e. The van der Waals surface area contributed by atoms with Gasteiger partial charge in [-0.15, -0.1) is 11.3 Å². The van der Waals surface area contributed by atoms with Crippen LogP contribution in [0.1, 0.15) is 30.3 Å². The molecule has 2 atom stereocenters. The van der Waals surface area contributed by atoms with Gasteiger partial charge < -0.3 is 10.6 Å². The fourth-order valence-corrected chi connectivity index (χ4v) is 4.20. The molecule has 2 rings (SSSR count). The molecule has 4 heteroatoms. The van der Waals surface area contributed by atoms with E-state index >= 15 is 0 Å². The number of hydrogen-bond acceptors (Lipinski definition) is 3. The van der Waals surface area contributed by atoms with Crippen LogP contribution in [-0.4, -0.2) is 12.6 Å². The number of aryl methyl sites for hydroxylation is 1. The molecule has 2 unspecified atom stereocenters. The number of halogens is 1. The molecule has 2 N–H and O–H groups in total. The van der Waals surface area contributed by atoms with Crippen LogP contribution < -0.4 is 10.6 Å². The van der Waals surface area contributed by atoms with E-state index in [4.69, 9.17) is 5.73 Å². The minimum Gasteiger partial charge on any atom is -0.362 e. The van der Waals surface area contributed by atoms with E-state index < -0.39 is 0 Å². The largest absolute Gasteiger partial charge is 0.362 e. The van der Waals surface area contributed by atoms with Gasteiger partial charge in [0.05, 0.1) is 6.04 Å². The number of thiophene rings is 1. The van der Waals surface area contributed by atoms with Gasteiger partial charge in [0, 0.05) is 33.0 Å². The van der Waals surface area contributed by atoms with E-state index in [-0.39, 0.29) is 12.1 Å². The van der Waals surface area contributed by atoms with Gasteiger partial charge in [0.2, 0.25) is 0 Å². The molecule has 20 heavy (non-hydrogen) atoms. The highest BCUT2D eigenvalue weighted by Crippen LogP contribution is 2.34. The summed E-state index contributed by atoms with van der Waals surface area (Å²) in [5.41, 5.74) is 8.79. The summed E-state index contributed by atoms with van der Waals surface area (Å²) in [6, 6.07) is 11.1. The van der Waals surface area contributed by atoms with Gasteiger partial charge >= 0.3 is 0 Å². The summed E-state index contributed by atoms with van der Waals surface area (Å²) < 4.78 is 1.13. The van der Waals surface area contributed by atoms with Gasteiger partial charge in [-0.3, -0.25) is 0 Å². The van der Waals surface area contributed by atoms with Crippen molar-refractivity contribution in [3.63, 3.8) is 0 Å². The Morgan fingerprint density at radius 2 is 2.10 bits per heavy atom. The van der Waals surface area contributed by atoms with Crippen molar-refractivity contribution in [2.24, 2.45) is 5.73 Å². The van der Waals surface area contributed by atoms with Gasteiger partial charge in [0.15, 0.2) is 0 Å². The predicted molar refractivity (Wildman–Crippen MR) is 92.6 cm³/mol. The van der Waals surface area contributed by atoms with Crippen molar-refractivity contribution in [3.05, 3.63) is 50.6 Å². The van der Waals surface area contributed by atoms with Gasteiger partial charge in [0.25, 0.3) is 0 Å². The second-order valence-corrected chi connectivity index (χ2v) is 6.95. The minimum atomic E-state index is 0.0704. The zero-order valence-corrected chi connectivity index (χ0v) is 14.5. The highest BCUT2D eigenvalue weighted by Gasteiger charge is 2.25. The Kier molecular flexibility index (Phi) is 5.24. The van der Waals surface area contributed by atoms with Crippen LogP contribution in [0.25, 0.3) is 0 Å². The van der Waals surface area contributed by atoms with Crippen LogP contribution in [0.4, 0.5) is 5.69 Å². The highest BCUT2D eigenvalue weighted by atomic mass is 79.9. The molecule has 0 fully saturated rings. The van der Waals surface area contributed by atoms with Crippen LogP contribution in [0.2, 0.25) is 0 Å². The van der Waals surface area contributed by atoms with Crippen LogP contribution in [-0.2, 0) is 0 Å². The Bertz CT molecular complexity index is 565. The van der Waals surface area contributed by atoms with Gasteiger partial charge in [-0.05, 0) is 60.5 Å². The lowest BCUT2D eigenvalue weighted by atomic mass is 10.1. The Labute approximate surface area is 133 Å². The molecule has 0 radical (unpaired) electrons. The van der Waals surface area contributed by atoms with Gasteiger partial charge in [0.1, 0.15) is 0 Å². The van der Waals surface area contributed by atoms with E-state index in [1.54, 1.807) is 11.3 Å². The Hall–Kier alpha value is -0.840. The third kappa shape index (κ3) is 3.43. The summed E-state index contributed by atoms with van der Waals surface area (Å²) in [6.45, 7) is 7.32.